The average molecular weight is 259 g/mol. The molecule has 4 aliphatic carbocycles. The first-order valence-corrected chi connectivity index (χ1v) is 8.12. The van der Waals surface area contributed by atoms with Gasteiger partial charge in [-0.15, -0.1) is 6.42 Å². The summed E-state index contributed by atoms with van der Waals surface area (Å²) in [5.41, 5.74) is 1.53. The number of rotatable bonds is 4. The Hall–Kier alpha value is -0.480. The van der Waals surface area contributed by atoms with Crippen LogP contribution in [0, 0.1) is 34.5 Å². The van der Waals surface area contributed by atoms with Crippen LogP contribution in [-0.2, 0) is 0 Å². The minimum absolute atomic E-state index is 0.300. The predicted molar refractivity (Wildman–Crippen MR) is 80.8 cm³/mol. The highest BCUT2D eigenvalue weighted by molar-refractivity contribution is 5.19. The van der Waals surface area contributed by atoms with E-state index in [0.29, 0.717) is 22.3 Å². The zero-order chi connectivity index (χ0) is 13.7. The molecule has 4 bridgehead atoms. The predicted octanol–water partition coefficient (Wildman–Crippen LogP) is 3.98. The summed E-state index contributed by atoms with van der Waals surface area (Å²) in [6.07, 6.45) is 15.5. The van der Waals surface area contributed by atoms with Gasteiger partial charge in [0.05, 0.1) is 6.04 Å². The molecule has 4 rings (SSSR count). The van der Waals surface area contributed by atoms with Gasteiger partial charge in [0.15, 0.2) is 0 Å². The molecule has 1 nitrogen and oxygen atoms in total. The van der Waals surface area contributed by atoms with Crippen LogP contribution in [0.2, 0.25) is 0 Å². The van der Waals surface area contributed by atoms with E-state index < -0.39 is 0 Å². The second-order valence-corrected chi connectivity index (χ2v) is 8.55. The van der Waals surface area contributed by atoms with Gasteiger partial charge in [0.1, 0.15) is 0 Å². The molecule has 3 unspecified atom stereocenters. The zero-order valence-corrected chi connectivity index (χ0v) is 12.9. The lowest BCUT2D eigenvalue weighted by atomic mass is 9.39. The standard InChI is InChI=1S/C18H29N/c1-5-7-19-15(6-2)18-10-14-8-16(3,12-18)11-17(4,9-14)13-18/h2,14-15,19H,5,7-13H2,1,3-4H3. The second-order valence-electron chi connectivity index (χ2n) is 8.55. The first kappa shape index (κ1) is 13.5. The number of terminal acetylenes is 1. The first-order chi connectivity index (χ1) is 8.93. The molecule has 0 heterocycles. The van der Waals surface area contributed by atoms with Gasteiger partial charge in [-0.1, -0.05) is 26.7 Å². The van der Waals surface area contributed by atoms with Crippen LogP contribution in [0.3, 0.4) is 0 Å². The Morgan fingerprint density at radius 3 is 2.26 bits per heavy atom. The summed E-state index contributed by atoms with van der Waals surface area (Å²) in [5.74, 6) is 4.05. The van der Waals surface area contributed by atoms with Crippen molar-refractivity contribution in [2.45, 2.75) is 71.8 Å². The molecular formula is C18H29N. The van der Waals surface area contributed by atoms with Crippen LogP contribution in [0.25, 0.3) is 0 Å². The third kappa shape index (κ3) is 2.13. The summed E-state index contributed by atoms with van der Waals surface area (Å²) in [6.45, 7) is 8.34. The van der Waals surface area contributed by atoms with Crippen LogP contribution >= 0.6 is 0 Å². The van der Waals surface area contributed by atoms with Crippen LogP contribution in [0.15, 0.2) is 0 Å². The molecular weight excluding hydrogens is 230 g/mol. The lowest BCUT2D eigenvalue weighted by Gasteiger charge is -2.66. The molecule has 106 valence electrons. The average Bonchev–Trinajstić information content (AvgIpc) is 2.24. The van der Waals surface area contributed by atoms with E-state index >= 15 is 0 Å². The van der Waals surface area contributed by atoms with Crippen molar-refractivity contribution in [3.8, 4) is 12.3 Å². The fourth-order valence-electron chi connectivity index (χ4n) is 6.60. The van der Waals surface area contributed by atoms with Crippen molar-refractivity contribution in [3.05, 3.63) is 0 Å². The first-order valence-electron chi connectivity index (χ1n) is 8.12. The SMILES string of the molecule is C#CC(NCCC)C12CC3CC(C)(CC(C)(C3)C1)C2. The Bertz CT molecular complexity index is 386. The Kier molecular flexibility index (Phi) is 3.02. The third-order valence-electron chi connectivity index (χ3n) is 6.05. The summed E-state index contributed by atoms with van der Waals surface area (Å²) in [5, 5.41) is 3.67. The monoisotopic (exact) mass is 259 g/mol. The smallest absolute Gasteiger partial charge is 0.0744 e. The molecule has 0 amide bonds. The maximum atomic E-state index is 5.91. The molecule has 0 aromatic rings. The van der Waals surface area contributed by atoms with Crippen molar-refractivity contribution in [1.29, 1.82) is 0 Å². The van der Waals surface area contributed by atoms with Crippen LogP contribution in [0.5, 0.6) is 0 Å². The van der Waals surface area contributed by atoms with E-state index in [1.165, 1.54) is 44.9 Å². The molecule has 0 saturated heterocycles. The molecule has 0 spiro atoms. The molecule has 4 aliphatic rings. The van der Waals surface area contributed by atoms with Gasteiger partial charge >= 0.3 is 0 Å². The van der Waals surface area contributed by atoms with E-state index in [2.05, 4.69) is 32.0 Å². The summed E-state index contributed by atoms with van der Waals surface area (Å²) < 4.78 is 0. The third-order valence-corrected chi connectivity index (χ3v) is 6.05. The van der Waals surface area contributed by atoms with E-state index in [4.69, 9.17) is 6.42 Å². The largest absolute Gasteiger partial charge is 0.303 e. The van der Waals surface area contributed by atoms with Gasteiger partial charge in [-0.3, -0.25) is 0 Å². The van der Waals surface area contributed by atoms with Crippen molar-refractivity contribution in [1.82, 2.24) is 5.32 Å². The highest BCUT2D eigenvalue weighted by atomic mass is 14.9. The topological polar surface area (TPSA) is 12.0 Å². The van der Waals surface area contributed by atoms with Crippen molar-refractivity contribution in [2.24, 2.45) is 22.2 Å². The highest BCUT2D eigenvalue weighted by Gasteiger charge is 2.61. The van der Waals surface area contributed by atoms with Crippen LogP contribution in [0.4, 0.5) is 0 Å². The van der Waals surface area contributed by atoms with E-state index in [0.717, 1.165) is 12.5 Å². The summed E-state index contributed by atoms with van der Waals surface area (Å²) in [7, 11) is 0. The fraction of sp³-hybridized carbons (Fsp3) is 0.889. The maximum Gasteiger partial charge on any atom is 0.0744 e. The fourth-order valence-corrected chi connectivity index (χ4v) is 6.60. The van der Waals surface area contributed by atoms with Gasteiger partial charge in [-0.05, 0) is 73.7 Å². The minimum Gasteiger partial charge on any atom is -0.303 e. The molecule has 1 heteroatoms. The Morgan fingerprint density at radius 2 is 1.79 bits per heavy atom. The van der Waals surface area contributed by atoms with E-state index in [1.807, 2.05) is 0 Å². The highest BCUT2D eigenvalue weighted by Crippen LogP contribution is 2.70. The molecule has 4 saturated carbocycles. The molecule has 0 aromatic heterocycles. The van der Waals surface area contributed by atoms with Gasteiger partial charge in [0.25, 0.3) is 0 Å². The lowest BCUT2D eigenvalue weighted by Crippen LogP contribution is -2.61. The lowest BCUT2D eigenvalue weighted by molar-refractivity contribution is -0.151. The summed E-state index contributed by atoms with van der Waals surface area (Å²) in [4.78, 5) is 0. The van der Waals surface area contributed by atoms with Crippen molar-refractivity contribution < 1.29 is 0 Å². The van der Waals surface area contributed by atoms with E-state index in [-0.39, 0.29) is 0 Å². The number of hydrogen-bond donors (Lipinski definition) is 1. The van der Waals surface area contributed by atoms with Gasteiger partial charge < -0.3 is 5.32 Å². The van der Waals surface area contributed by atoms with E-state index in [1.54, 1.807) is 0 Å². The number of nitrogens with one attached hydrogen (secondary N) is 1. The molecule has 3 atom stereocenters. The quantitative estimate of drug-likeness (QED) is 0.753. The maximum absolute atomic E-state index is 5.91. The second kappa shape index (κ2) is 4.26. The molecule has 0 radical (unpaired) electrons. The normalized spacial score (nSPS) is 49.1. The molecule has 19 heavy (non-hydrogen) atoms. The van der Waals surface area contributed by atoms with Crippen molar-refractivity contribution in [3.63, 3.8) is 0 Å². The molecule has 4 fully saturated rings. The van der Waals surface area contributed by atoms with Gasteiger partial charge in [0, 0.05) is 0 Å². The Morgan fingerprint density at radius 1 is 1.16 bits per heavy atom. The Labute approximate surface area is 118 Å². The summed E-state index contributed by atoms with van der Waals surface area (Å²) >= 11 is 0. The molecule has 1 N–H and O–H groups in total. The van der Waals surface area contributed by atoms with Crippen LogP contribution < -0.4 is 5.32 Å². The van der Waals surface area contributed by atoms with Gasteiger partial charge in [-0.2, -0.15) is 0 Å². The summed E-state index contributed by atoms with van der Waals surface area (Å²) in [6, 6.07) is 0.300. The number of hydrogen-bond acceptors (Lipinski definition) is 1. The van der Waals surface area contributed by atoms with Gasteiger partial charge in [0.2, 0.25) is 0 Å². The van der Waals surface area contributed by atoms with Crippen molar-refractivity contribution in [2.75, 3.05) is 6.54 Å². The molecule has 0 aromatic carbocycles. The van der Waals surface area contributed by atoms with E-state index in [9.17, 15) is 0 Å². The minimum atomic E-state index is 0.300. The van der Waals surface area contributed by atoms with Crippen molar-refractivity contribution >= 4 is 0 Å². The Balaban J connectivity index is 1.89. The van der Waals surface area contributed by atoms with Gasteiger partial charge in [-0.25, -0.2) is 0 Å². The molecule has 0 aliphatic heterocycles. The van der Waals surface area contributed by atoms with Crippen LogP contribution in [-0.4, -0.2) is 12.6 Å². The van der Waals surface area contributed by atoms with Crippen LogP contribution in [0.1, 0.15) is 65.7 Å². The zero-order valence-electron chi connectivity index (χ0n) is 12.9.